The van der Waals surface area contributed by atoms with E-state index in [0.29, 0.717) is 6.04 Å². The fraction of sp³-hybridized carbons (Fsp3) is 0.333. The van der Waals surface area contributed by atoms with Crippen LogP contribution in [0.4, 0.5) is 0 Å². The Hall–Kier alpha value is -1.44. The Morgan fingerprint density at radius 3 is 3.07 bits per heavy atom. The fourth-order valence-corrected chi connectivity index (χ4v) is 2.48. The van der Waals surface area contributed by atoms with Gasteiger partial charge in [0.15, 0.2) is 0 Å². The SMILES string of the molecule is O=CC1CC2=c3ccccc3=NC2C1. The lowest BCUT2D eigenvalue weighted by molar-refractivity contribution is -0.110. The minimum Gasteiger partial charge on any atom is -0.303 e. The summed E-state index contributed by atoms with van der Waals surface area (Å²) in [5.41, 5.74) is 1.37. The first-order chi connectivity index (χ1) is 6.88. The Labute approximate surface area is 82.0 Å². The van der Waals surface area contributed by atoms with E-state index in [9.17, 15) is 4.79 Å². The van der Waals surface area contributed by atoms with Crippen molar-refractivity contribution < 1.29 is 4.79 Å². The van der Waals surface area contributed by atoms with Crippen LogP contribution in [-0.2, 0) is 4.79 Å². The Morgan fingerprint density at radius 1 is 1.36 bits per heavy atom. The van der Waals surface area contributed by atoms with Gasteiger partial charge in [0, 0.05) is 11.1 Å². The highest BCUT2D eigenvalue weighted by Crippen LogP contribution is 2.32. The molecule has 1 aromatic carbocycles. The van der Waals surface area contributed by atoms with Gasteiger partial charge >= 0.3 is 0 Å². The number of carbonyl (C=O) groups is 1. The van der Waals surface area contributed by atoms with Gasteiger partial charge in [-0.15, -0.1) is 0 Å². The number of hydrogen-bond donors (Lipinski definition) is 0. The molecule has 3 rings (SSSR count). The van der Waals surface area contributed by atoms with E-state index < -0.39 is 0 Å². The maximum absolute atomic E-state index is 10.7. The van der Waals surface area contributed by atoms with Gasteiger partial charge < -0.3 is 4.79 Å². The molecule has 0 N–H and O–H groups in total. The summed E-state index contributed by atoms with van der Waals surface area (Å²) in [7, 11) is 0. The van der Waals surface area contributed by atoms with Gasteiger partial charge in [-0.2, -0.15) is 0 Å². The third-order valence-corrected chi connectivity index (χ3v) is 3.15. The molecule has 1 saturated carbocycles. The van der Waals surface area contributed by atoms with Gasteiger partial charge in [0.25, 0.3) is 0 Å². The minimum atomic E-state index is 0.201. The van der Waals surface area contributed by atoms with Gasteiger partial charge in [0.1, 0.15) is 6.29 Å². The molecule has 14 heavy (non-hydrogen) atoms. The summed E-state index contributed by atoms with van der Waals surface area (Å²) in [6, 6.07) is 8.51. The molecule has 1 aromatic rings. The molecule has 2 unspecified atom stereocenters. The van der Waals surface area contributed by atoms with E-state index in [1.807, 2.05) is 12.1 Å². The first-order valence-electron chi connectivity index (χ1n) is 5.00. The smallest absolute Gasteiger partial charge is 0.123 e. The second-order valence-corrected chi connectivity index (χ2v) is 4.02. The van der Waals surface area contributed by atoms with Gasteiger partial charge in [0.2, 0.25) is 0 Å². The zero-order valence-electron chi connectivity index (χ0n) is 7.81. The number of rotatable bonds is 1. The fourth-order valence-electron chi connectivity index (χ4n) is 2.48. The Bertz CT molecular complexity index is 503. The van der Waals surface area contributed by atoms with Crippen molar-refractivity contribution in [2.75, 3.05) is 0 Å². The highest BCUT2D eigenvalue weighted by molar-refractivity contribution is 5.66. The summed E-state index contributed by atoms with van der Waals surface area (Å²) in [6.45, 7) is 0. The summed E-state index contributed by atoms with van der Waals surface area (Å²) in [6.07, 6.45) is 2.89. The number of aldehydes is 1. The van der Waals surface area contributed by atoms with Crippen LogP contribution in [0.15, 0.2) is 29.3 Å². The van der Waals surface area contributed by atoms with E-state index in [-0.39, 0.29) is 5.92 Å². The number of fused-ring (bicyclic) bond motifs is 2. The quantitative estimate of drug-likeness (QED) is 0.584. The average Bonchev–Trinajstić information content (AvgIpc) is 2.73. The summed E-state index contributed by atoms with van der Waals surface area (Å²) >= 11 is 0. The molecule has 0 saturated heterocycles. The second kappa shape index (κ2) is 2.77. The number of carbonyl (C=O) groups excluding carboxylic acids is 1. The van der Waals surface area contributed by atoms with E-state index >= 15 is 0 Å². The summed E-state index contributed by atoms with van der Waals surface area (Å²) in [5, 5.41) is 2.37. The molecule has 2 nitrogen and oxygen atoms in total. The topological polar surface area (TPSA) is 29.4 Å². The molecule has 1 aliphatic carbocycles. The van der Waals surface area contributed by atoms with E-state index in [0.717, 1.165) is 24.5 Å². The van der Waals surface area contributed by atoms with Gasteiger partial charge in [-0.1, -0.05) is 18.2 Å². The predicted octanol–water partition coefficient (Wildman–Crippen LogP) is 0.448. The summed E-state index contributed by atoms with van der Waals surface area (Å²) in [4.78, 5) is 15.3. The lowest BCUT2D eigenvalue weighted by atomic mass is 10.1. The lowest BCUT2D eigenvalue weighted by Crippen LogP contribution is -2.22. The molecule has 2 atom stereocenters. The predicted molar refractivity (Wildman–Crippen MR) is 53.2 cm³/mol. The Morgan fingerprint density at radius 2 is 2.21 bits per heavy atom. The van der Waals surface area contributed by atoms with Crippen LogP contribution in [-0.4, -0.2) is 12.3 Å². The third kappa shape index (κ3) is 0.969. The largest absolute Gasteiger partial charge is 0.303 e. The van der Waals surface area contributed by atoms with Gasteiger partial charge in [0.05, 0.1) is 11.4 Å². The van der Waals surface area contributed by atoms with E-state index in [4.69, 9.17) is 0 Å². The standard InChI is InChI=1S/C12H11NO/c14-7-8-5-10-9-3-1-2-4-11(9)13-12(10)6-8/h1-4,7-8,12H,5-6H2. The number of hydrogen-bond acceptors (Lipinski definition) is 2. The van der Waals surface area contributed by atoms with Crippen LogP contribution in [0.3, 0.4) is 0 Å². The van der Waals surface area contributed by atoms with Crippen molar-refractivity contribution in [2.24, 2.45) is 10.9 Å². The molecule has 0 amide bonds. The van der Waals surface area contributed by atoms with Crippen molar-refractivity contribution in [3.8, 4) is 0 Å². The summed E-state index contributed by atoms with van der Waals surface area (Å²) in [5.74, 6) is 0.201. The second-order valence-electron chi connectivity index (χ2n) is 4.02. The third-order valence-electron chi connectivity index (χ3n) is 3.15. The van der Waals surface area contributed by atoms with Crippen molar-refractivity contribution in [3.05, 3.63) is 34.8 Å². The van der Waals surface area contributed by atoms with E-state index in [1.165, 1.54) is 10.8 Å². The molecule has 0 aromatic heterocycles. The summed E-state index contributed by atoms with van der Waals surface area (Å²) < 4.78 is 0. The van der Waals surface area contributed by atoms with Crippen LogP contribution >= 0.6 is 0 Å². The van der Waals surface area contributed by atoms with Crippen molar-refractivity contribution in [1.29, 1.82) is 0 Å². The van der Waals surface area contributed by atoms with Crippen LogP contribution in [0.25, 0.3) is 5.57 Å². The molecule has 2 heteroatoms. The van der Waals surface area contributed by atoms with Crippen LogP contribution in [0, 0.1) is 5.92 Å². The van der Waals surface area contributed by atoms with Crippen molar-refractivity contribution in [3.63, 3.8) is 0 Å². The molecule has 1 aliphatic heterocycles. The lowest BCUT2D eigenvalue weighted by Gasteiger charge is -1.97. The molecular formula is C12H11NO. The van der Waals surface area contributed by atoms with Gasteiger partial charge in [-0.3, -0.25) is 4.99 Å². The van der Waals surface area contributed by atoms with Crippen LogP contribution in [0.1, 0.15) is 12.8 Å². The molecule has 70 valence electrons. The van der Waals surface area contributed by atoms with Crippen molar-refractivity contribution >= 4 is 11.9 Å². The first-order valence-corrected chi connectivity index (χ1v) is 5.00. The zero-order valence-corrected chi connectivity index (χ0v) is 7.81. The van der Waals surface area contributed by atoms with Crippen molar-refractivity contribution in [2.45, 2.75) is 18.9 Å². The highest BCUT2D eigenvalue weighted by Gasteiger charge is 2.31. The maximum atomic E-state index is 10.7. The molecule has 0 bridgehead atoms. The van der Waals surface area contributed by atoms with E-state index in [2.05, 4.69) is 17.1 Å². The highest BCUT2D eigenvalue weighted by atomic mass is 16.1. The van der Waals surface area contributed by atoms with Crippen LogP contribution < -0.4 is 10.6 Å². The number of benzene rings is 1. The molecule has 2 aliphatic rings. The van der Waals surface area contributed by atoms with Gasteiger partial charge in [-0.25, -0.2) is 0 Å². The normalized spacial score (nSPS) is 28.1. The van der Waals surface area contributed by atoms with Gasteiger partial charge in [-0.05, 0) is 24.5 Å². The minimum absolute atomic E-state index is 0.201. The molecule has 1 heterocycles. The Balaban J connectivity index is 2.20. The maximum Gasteiger partial charge on any atom is 0.123 e. The first kappa shape index (κ1) is 7.92. The average molecular weight is 185 g/mol. The Kier molecular flexibility index (Phi) is 1.57. The van der Waals surface area contributed by atoms with Crippen LogP contribution in [0.5, 0.6) is 0 Å². The molecule has 1 fully saturated rings. The molecule has 0 radical (unpaired) electrons. The molecular weight excluding hydrogens is 174 g/mol. The van der Waals surface area contributed by atoms with Crippen LogP contribution in [0.2, 0.25) is 0 Å². The molecule has 0 spiro atoms. The zero-order chi connectivity index (χ0) is 9.54. The number of para-hydroxylation sites is 1. The van der Waals surface area contributed by atoms with E-state index in [1.54, 1.807) is 0 Å². The monoisotopic (exact) mass is 185 g/mol. The number of nitrogens with zero attached hydrogens (tertiary/aromatic N) is 1. The van der Waals surface area contributed by atoms with Crippen molar-refractivity contribution in [1.82, 2.24) is 0 Å².